The average molecular weight is 367 g/mol. The average Bonchev–Trinajstić information content (AvgIpc) is 2.71. The van der Waals surface area contributed by atoms with Gasteiger partial charge in [0.05, 0.1) is 6.26 Å². The SMILES string of the molecule is CCCC/C=C/Oc1ccc(-c2ncc(CCCCCCCC)cn2)cc1. The maximum absolute atomic E-state index is 5.62. The van der Waals surface area contributed by atoms with Gasteiger partial charge in [0, 0.05) is 18.0 Å². The molecule has 0 N–H and O–H groups in total. The largest absolute Gasteiger partial charge is 0.465 e. The molecule has 0 fully saturated rings. The zero-order valence-corrected chi connectivity index (χ0v) is 17.0. The first-order valence-corrected chi connectivity index (χ1v) is 10.6. The first-order valence-electron chi connectivity index (χ1n) is 10.6. The van der Waals surface area contributed by atoms with Crippen LogP contribution in [0, 0.1) is 0 Å². The number of allylic oxidation sites excluding steroid dienone is 1. The zero-order chi connectivity index (χ0) is 19.2. The van der Waals surface area contributed by atoms with Crippen LogP contribution in [0.2, 0.25) is 0 Å². The van der Waals surface area contributed by atoms with Gasteiger partial charge in [-0.3, -0.25) is 0 Å². The number of benzene rings is 1. The van der Waals surface area contributed by atoms with Gasteiger partial charge in [0.15, 0.2) is 5.82 Å². The molecule has 3 nitrogen and oxygen atoms in total. The molecule has 0 aliphatic carbocycles. The Balaban J connectivity index is 1.78. The summed E-state index contributed by atoms with van der Waals surface area (Å²) in [6, 6.07) is 7.95. The lowest BCUT2D eigenvalue weighted by Crippen LogP contribution is -1.93. The Morgan fingerprint density at radius 2 is 1.48 bits per heavy atom. The zero-order valence-electron chi connectivity index (χ0n) is 17.0. The Labute approximate surface area is 164 Å². The smallest absolute Gasteiger partial charge is 0.159 e. The van der Waals surface area contributed by atoms with Crippen LogP contribution in [0.5, 0.6) is 5.75 Å². The van der Waals surface area contributed by atoms with E-state index in [0.717, 1.165) is 30.0 Å². The second-order valence-corrected chi connectivity index (χ2v) is 7.09. The fraction of sp³-hybridized carbons (Fsp3) is 0.500. The van der Waals surface area contributed by atoms with Crippen molar-refractivity contribution in [2.75, 3.05) is 0 Å². The molecule has 0 radical (unpaired) electrons. The molecule has 0 unspecified atom stereocenters. The van der Waals surface area contributed by atoms with E-state index in [-0.39, 0.29) is 0 Å². The van der Waals surface area contributed by atoms with Crippen LogP contribution < -0.4 is 4.74 Å². The van der Waals surface area contributed by atoms with Crippen LogP contribution in [-0.4, -0.2) is 9.97 Å². The Morgan fingerprint density at radius 3 is 2.19 bits per heavy atom. The second kappa shape index (κ2) is 13.1. The van der Waals surface area contributed by atoms with Crippen LogP contribution in [0.3, 0.4) is 0 Å². The highest BCUT2D eigenvalue weighted by Crippen LogP contribution is 2.20. The summed E-state index contributed by atoms with van der Waals surface area (Å²) in [5, 5.41) is 0. The van der Waals surface area contributed by atoms with E-state index in [0.29, 0.717) is 0 Å². The van der Waals surface area contributed by atoms with E-state index in [4.69, 9.17) is 4.74 Å². The highest BCUT2D eigenvalue weighted by atomic mass is 16.5. The number of nitrogens with zero attached hydrogens (tertiary/aromatic N) is 2. The van der Waals surface area contributed by atoms with Crippen molar-refractivity contribution in [3.63, 3.8) is 0 Å². The van der Waals surface area contributed by atoms with Crippen LogP contribution in [-0.2, 0) is 6.42 Å². The van der Waals surface area contributed by atoms with Crippen LogP contribution in [0.15, 0.2) is 49.0 Å². The molecule has 0 saturated carbocycles. The Bertz CT molecular complexity index is 647. The molecule has 27 heavy (non-hydrogen) atoms. The fourth-order valence-corrected chi connectivity index (χ4v) is 2.94. The van der Waals surface area contributed by atoms with Crippen LogP contribution in [0.1, 0.15) is 77.2 Å². The summed E-state index contributed by atoms with van der Waals surface area (Å²) in [5.74, 6) is 1.61. The van der Waals surface area contributed by atoms with Gasteiger partial charge in [0.25, 0.3) is 0 Å². The number of unbranched alkanes of at least 4 members (excludes halogenated alkanes) is 7. The van der Waals surface area contributed by atoms with Gasteiger partial charge in [0.1, 0.15) is 5.75 Å². The molecule has 3 heteroatoms. The molecule has 0 aliphatic heterocycles. The Morgan fingerprint density at radius 1 is 0.815 bits per heavy atom. The first-order chi connectivity index (χ1) is 13.3. The van der Waals surface area contributed by atoms with Gasteiger partial charge in [-0.25, -0.2) is 9.97 Å². The first kappa shape index (κ1) is 21.1. The van der Waals surface area contributed by atoms with E-state index in [1.165, 1.54) is 56.9 Å². The summed E-state index contributed by atoms with van der Waals surface area (Å²) in [4.78, 5) is 9.07. The summed E-state index contributed by atoms with van der Waals surface area (Å²) < 4.78 is 5.62. The third kappa shape index (κ3) is 8.38. The number of aromatic nitrogens is 2. The minimum absolute atomic E-state index is 0.770. The van der Waals surface area contributed by atoms with Crippen molar-refractivity contribution >= 4 is 0 Å². The van der Waals surface area contributed by atoms with E-state index >= 15 is 0 Å². The van der Waals surface area contributed by atoms with Crippen molar-refractivity contribution in [2.45, 2.75) is 78.1 Å². The monoisotopic (exact) mass is 366 g/mol. The van der Waals surface area contributed by atoms with E-state index in [2.05, 4.69) is 29.9 Å². The van der Waals surface area contributed by atoms with Crippen molar-refractivity contribution in [1.82, 2.24) is 9.97 Å². The molecule has 1 aromatic carbocycles. The molecule has 1 heterocycles. The van der Waals surface area contributed by atoms with Gasteiger partial charge in [-0.15, -0.1) is 0 Å². The molecule has 1 aromatic heterocycles. The van der Waals surface area contributed by atoms with Crippen molar-refractivity contribution < 1.29 is 4.74 Å². The standard InChI is InChI=1S/C24H34N2O/c1-3-5-7-9-10-11-13-21-19-25-24(26-20-21)22-14-16-23(17-15-22)27-18-12-8-6-4-2/h12,14-20H,3-11,13H2,1-2H3/b18-12+. The fourth-order valence-electron chi connectivity index (χ4n) is 2.94. The van der Waals surface area contributed by atoms with Gasteiger partial charge in [0.2, 0.25) is 0 Å². The minimum Gasteiger partial charge on any atom is -0.465 e. The van der Waals surface area contributed by atoms with E-state index in [1.807, 2.05) is 36.7 Å². The van der Waals surface area contributed by atoms with Crippen LogP contribution >= 0.6 is 0 Å². The second-order valence-electron chi connectivity index (χ2n) is 7.09. The molecule has 0 spiro atoms. The molecule has 146 valence electrons. The van der Waals surface area contributed by atoms with Crippen LogP contribution in [0.4, 0.5) is 0 Å². The summed E-state index contributed by atoms with van der Waals surface area (Å²) >= 11 is 0. The third-order valence-electron chi connectivity index (χ3n) is 4.66. The van der Waals surface area contributed by atoms with E-state index < -0.39 is 0 Å². The molecule has 0 aliphatic rings. The highest BCUT2D eigenvalue weighted by molar-refractivity contribution is 5.55. The maximum Gasteiger partial charge on any atom is 0.159 e. The third-order valence-corrected chi connectivity index (χ3v) is 4.66. The predicted octanol–water partition coefficient (Wildman–Crippen LogP) is 7.13. The van der Waals surface area contributed by atoms with Crippen molar-refractivity contribution in [2.24, 2.45) is 0 Å². The highest BCUT2D eigenvalue weighted by Gasteiger charge is 2.02. The van der Waals surface area contributed by atoms with E-state index in [1.54, 1.807) is 6.26 Å². The molecule has 0 bridgehead atoms. The number of ether oxygens (including phenoxy) is 1. The maximum atomic E-state index is 5.62. The molecule has 0 atom stereocenters. The number of rotatable bonds is 13. The van der Waals surface area contributed by atoms with Crippen molar-refractivity contribution in [3.05, 3.63) is 54.6 Å². The summed E-state index contributed by atoms with van der Waals surface area (Å²) in [6.45, 7) is 4.45. The van der Waals surface area contributed by atoms with Crippen LogP contribution in [0.25, 0.3) is 11.4 Å². The van der Waals surface area contributed by atoms with Gasteiger partial charge in [-0.2, -0.15) is 0 Å². The minimum atomic E-state index is 0.770. The van der Waals surface area contributed by atoms with Gasteiger partial charge >= 0.3 is 0 Å². The molecule has 2 rings (SSSR count). The van der Waals surface area contributed by atoms with Gasteiger partial charge in [-0.1, -0.05) is 52.4 Å². The van der Waals surface area contributed by atoms with Gasteiger partial charge < -0.3 is 4.74 Å². The lowest BCUT2D eigenvalue weighted by atomic mass is 10.1. The Hall–Kier alpha value is -2.16. The molecule has 0 amide bonds. The molecular weight excluding hydrogens is 332 g/mol. The topological polar surface area (TPSA) is 35.0 Å². The number of hydrogen-bond acceptors (Lipinski definition) is 3. The van der Waals surface area contributed by atoms with Crippen molar-refractivity contribution in [1.29, 1.82) is 0 Å². The van der Waals surface area contributed by atoms with Gasteiger partial charge in [-0.05, 0) is 61.6 Å². The Kier molecular flexibility index (Phi) is 10.2. The lowest BCUT2D eigenvalue weighted by molar-refractivity contribution is 0.478. The summed E-state index contributed by atoms with van der Waals surface area (Å²) in [7, 11) is 0. The summed E-state index contributed by atoms with van der Waals surface area (Å²) in [6.07, 6.45) is 20.2. The number of hydrogen-bond donors (Lipinski definition) is 0. The van der Waals surface area contributed by atoms with E-state index in [9.17, 15) is 0 Å². The normalized spacial score (nSPS) is 11.2. The lowest BCUT2D eigenvalue weighted by Gasteiger charge is -2.05. The molecule has 0 saturated heterocycles. The van der Waals surface area contributed by atoms with Crippen molar-refractivity contribution in [3.8, 4) is 17.1 Å². The molecular formula is C24H34N2O. The number of aryl methyl sites for hydroxylation is 1. The molecule has 2 aromatic rings. The predicted molar refractivity (Wildman–Crippen MR) is 114 cm³/mol. The summed E-state index contributed by atoms with van der Waals surface area (Å²) in [5.41, 5.74) is 2.25. The quantitative estimate of drug-likeness (QED) is 0.279.